The number of carbonyl (C=O) groups is 1. The Hall–Kier alpha value is -3.64. The second-order valence-electron chi connectivity index (χ2n) is 8.99. The summed E-state index contributed by atoms with van der Waals surface area (Å²) in [5.74, 6) is 7.61. The highest BCUT2D eigenvalue weighted by Crippen LogP contribution is 2.38. The van der Waals surface area contributed by atoms with E-state index in [2.05, 4.69) is 54.5 Å². The molecule has 2 N–H and O–H groups in total. The summed E-state index contributed by atoms with van der Waals surface area (Å²) in [6.45, 7) is 4.00. The number of hydrogen-bond acceptors (Lipinski definition) is 7. The molecule has 0 bridgehead atoms. The van der Waals surface area contributed by atoms with Gasteiger partial charge in [0.1, 0.15) is 17.4 Å². The third kappa shape index (κ3) is 4.82. The van der Waals surface area contributed by atoms with Crippen molar-refractivity contribution in [3.63, 3.8) is 0 Å². The molecule has 9 heteroatoms. The van der Waals surface area contributed by atoms with Gasteiger partial charge in [0.05, 0.1) is 5.56 Å². The van der Waals surface area contributed by atoms with E-state index in [9.17, 15) is 9.18 Å². The van der Waals surface area contributed by atoms with Gasteiger partial charge in [0.2, 0.25) is 5.91 Å². The summed E-state index contributed by atoms with van der Waals surface area (Å²) in [6, 6.07) is 5.62. The number of pyridine rings is 2. The molecule has 1 aliphatic carbocycles. The van der Waals surface area contributed by atoms with E-state index in [-0.39, 0.29) is 11.8 Å². The minimum atomic E-state index is -0.730. The molecular formula is C25H26FN7O. The molecule has 1 saturated carbocycles. The van der Waals surface area contributed by atoms with Crippen molar-refractivity contribution in [1.29, 1.82) is 0 Å². The van der Waals surface area contributed by atoms with Gasteiger partial charge in [-0.3, -0.25) is 9.69 Å². The number of rotatable bonds is 5. The highest BCUT2D eigenvalue weighted by Gasteiger charge is 2.39. The fraction of sp³-hybridized carbons (Fsp3) is 0.400. The van der Waals surface area contributed by atoms with Crippen molar-refractivity contribution in [2.45, 2.75) is 32.5 Å². The third-order valence-electron chi connectivity index (χ3n) is 6.34. The summed E-state index contributed by atoms with van der Waals surface area (Å²) >= 11 is 0. The van der Waals surface area contributed by atoms with Gasteiger partial charge in [0, 0.05) is 50.4 Å². The average molecular weight is 460 g/mol. The van der Waals surface area contributed by atoms with E-state index in [0.29, 0.717) is 53.8 Å². The summed E-state index contributed by atoms with van der Waals surface area (Å²) in [6.07, 6.45) is 4.23. The highest BCUT2D eigenvalue weighted by molar-refractivity contribution is 5.97. The SMILES string of the molecule is CNc1ncc(C#Cc2ccc(CN3CC[C@@H](F)C3)cn2)c2cc(NC(=O)[C@H]3C[C@H]3C)nnc12. The van der Waals surface area contributed by atoms with E-state index in [1.165, 1.54) is 0 Å². The molecule has 174 valence electrons. The van der Waals surface area contributed by atoms with Crippen LogP contribution in [0.5, 0.6) is 0 Å². The van der Waals surface area contributed by atoms with Crippen LogP contribution in [0.25, 0.3) is 10.9 Å². The molecule has 5 rings (SSSR count). The second-order valence-corrected chi connectivity index (χ2v) is 8.99. The third-order valence-corrected chi connectivity index (χ3v) is 6.34. The quantitative estimate of drug-likeness (QED) is 0.566. The van der Waals surface area contributed by atoms with E-state index < -0.39 is 6.17 Å². The standard InChI is InChI=1S/C25H26FN7O/c1-15-9-20(15)25(34)30-22-10-21-17(12-29-24(27-2)23(21)32-31-22)4-6-19-5-3-16(11-28-19)13-33-8-7-18(26)14-33/h3,5,10-12,15,18,20H,7-9,13-14H2,1-2H3,(H,27,29)(H,30,31,34)/t15-,18-,20+/m1/s1. The number of fused-ring (bicyclic) bond motifs is 1. The lowest BCUT2D eigenvalue weighted by molar-refractivity contribution is -0.117. The number of amides is 1. The molecule has 1 saturated heterocycles. The molecule has 0 aromatic carbocycles. The van der Waals surface area contributed by atoms with E-state index in [1.807, 2.05) is 12.1 Å². The molecule has 3 aromatic rings. The molecule has 0 radical (unpaired) electrons. The zero-order chi connectivity index (χ0) is 23.7. The first-order valence-corrected chi connectivity index (χ1v) is 11.5. The number of likely N-dealkylation sites (tertiary alicyclic amines) is 1. The van der Waals surface area contributed by atoms with Gasteiger partial charge in [-0.2, -0.15) is 0 Å². The Morgan fingerprint density at radius 3 is 2.76 bits per heavy atom. The van der Waals surface area contributed by atoms with Crippen molar-refractivity contribution in [1.82, 2.24) is 25.1 Å². The van der Waals surface area contributed by atoms with Gasteiger partial charge in [0.25, 0.3) is 0 Å². The molecule has 1 aliphatic heterocycles. The average Bonchev–Trinajstić information content (AvgIpc) is 3.45. The van der Waals surface area contributed by atoms with Crippen molar-refractivity contribution in [2.75, 3.05) is 30.8 Å². The Bertz CT molecular complexity index is 1280. The number of halogens is 1. The van der Waals surface area contributed by atoms with Gasteiger partial charge in [-0.1, -0.05) is 18.9 Å². The Labute approximate surface area is 197 Å². The van der Waals surface area contributed by atoms with Gasteiger partial charge >= 0.3 is 0 Å². The summed E-state index contributed by atoms with van der Waals surface area (Å²) in [5, 5.41) is 15.1. The fourth-order valence-corrected chi connectivity index (χ4v) is 4.19. The van der Waals surface area contributed by atoms with Gasteiger partial charge in [-0.15, -0.1) is 10.2 Å². The molecule has 8 nitrogen and oxygen atoms in total. The number of carbonyl (C=O) groups excluding carboxylic acids is 1. The van der Waals surface area contributed by atoms with Crippen LogP contribution < -0.4 is 10.6 Å². The lowest BCUT2D eigenvalue weighted by atomic mass is 10.1. The van der Waals surface area contributed by atoms with Crippen LogP contribution in [0.15, 0.2) is 30.6 Å². The second kappa shape index (κ2) is 9.31. The zero-order valence-corrected chi connectivity index (χ0v) is 19.2. The number of alkyl halides is 1. The number of anilines is 2. The summed E-state index contributed by atoms with van der Waals surface area (Å²) in [4.78, 5) is 23.3. The maximum Gasteiger partial charge on any atom is 0.228 e. The molecule has 4 heterocycles. The molecule has 3 atom stereocenters. The van der Waals surface area contributed by atoms with Gasteiger partial charge in [-0.25, -0.2) is 14.4 Å². The molecule has 3 aromatic heterocycles. The van der Waals surface area contributed by atoms with E-state index in [1.54, 1.807) is 25.5 Å². The first-order valence-electron chi connectivity index (χ1n) is 11.5. The van der Waals surface area contributed by atoms with Gasteiger partial charge in [0.15, 0.2) is 11.6 Å². The van der Waals surface area contributed by atoms with Crippen LogP contribution in [0.2, 0.25) is 0 Å². The minimum absolute atomic E-state index is 0.0306. The molecule has 1 amide bonds. The van der Waals surface area contributed by atoms with Crippen molar-refractivity contribution in [3.05, 3.63) is 47.4 Å². The predicted octanol–water partition coefficient (Wildman–Crippen LogP) is 3.00. The van der Waals surface area contributed by atoms with Crippen LogP contribution in [0.4, 0.5) is 16.0 Å². The first-order chi connectivity index (χ1) is 16.5. The van der Waals surface area contributed by atoms with Crippen LogP contribution in [-0.4, -0.2) is 57.3 Å². The van der Waals surface area contributed by atoms with Crippen molar-refractivity contribution >= 4 is 28.4 Å². The monoisotopic (exact) mass is 459 g/mol. The molecule has 34 heavy (non-hydrogen) atoms. The Kier molecular flexibility index (Phi) is 6.07. The largest absolute Gasteiger partial charge is 0.371 e. The van der Waals surface area contributed by atoms with Crippen molar-refractivity contribution in [2.24, 2.45) is 11.8 Å². The number of nitrogens with one attached hydrogen (secondary N) is 2. The summed E-state index contributed by atoms with van der Waals surface area (Å²) in [7, 11) is 1.76. The summed E-state index contributed by atoms with van der Waals surface area (Å²) < 4.78 is 13.4. The topological polar surface area (TPSA) is 95.9 Å². The Morgan fingerprint density at radius 2 is 2.09 bits per heavy atom. The molecule has 0 spiro atoms. The first kappa shape index (κ1) is 22.2. The number of hydrogen-bond donors (Lipinski definition) is 2. The lowest BCUT2D eigenvalue weighted by Gasteiger charge is -2.13. The maximum absolute atomic E-state index is 13.4. The number of aromatic nitrogens is 4. The molecule has 2 aliphatic rings. The van der Waals surface area contributed by atoms with Crippen LogP contribution in [0, 0.1) is 23.7 Å². The van der Waals surface area contributed by atoms with E-state index >= 15 is 0 Å². The Balaban J connectivity index is 1.37. The van der Waals surface area contributed by atoms with Crippen molar-refractivity contribution in [3.8, 4) is 11.8 Å². The molecular weight excluding hydrogens is 433 g/mol. The summed E-state index contributed by atoms with van der Waals surface area (Å²) in [5.41, 5.74) is 2.90. The smallest absolute Gasteiger partial charge is 0.228 e. The number of nitrogens with zero attached hydrogens (tertiary/aromatic N) is 5. The minimum Gasteiger partial charge on any atom is -0.371 e. The van der Waals surface area contributed by atoms with E-state index in [0.717, 1.165) is 23.9 Å². The Morgan fingerprint density at radius 1 is 1.24 bits per heavy atom. The van der Waals surface area contributed by atoms with Crippen LogP contribution in [0.1, 0.15) is 36.6 Å². The molecule has 2 fully saturated rings. The zero-order valence-electron chi connectivity index (χ0n) is 19.2. The van der Waals surface area contributed by atoms with Gasteiger partial charge in [-0.05, 0) is 42.4 Å². The van der Waals surface area contributed by atoms with Crippen molar-refractivity contribution < 1.29 is 9.18 Å². The molecule has 0 unspecified atom stereocenters. The fourth-order valence-electron chi connectivity index (χ4n) is 4.19. The maximum atomic E-state index is 13.4. The normalized spacial score (nSPS) is 21.7. The van der Waals surface area contributed by atoms with Crippen LogP contribution in [0.3, 0.4) is 0 Å². The van der Waals surface area contributed by atoms with E-state index in [4.69, 9.17) is 0 Å². The van der Waals surface area contributed by atoms with Gasteiger partial charge < -0.3 is 10.6 Å². The highest BCUT2D eigenvalue weighted by atomic mass is 19.1. The van der Waals surface area contributed by atoms with Crippen LogP contribution in [-0.2, 0) is 11.3 Å². The lowest BCUT2D eigenvalue weighted by Crippen LogP contribution is -2.20. The predicted molar refractivity (Wildman–Crippen MR) is 128 cm³/mol. The van der Waals surface area contributed by atoms with Crippen LogP contribution >= 0.6 is 0 Å².